The summed E-state index contributed by atoms with van der Waals surface area (Å²) in [5.41, 5.74) is 2.48. The van der Waals surface area contributed by atoms with Gasteiger partial charge in [-0.05, 0) is 63.6 Å². The van der Waals surface area contributed by atoms with Crippen molar-refractivity contribution in [2.45, 2.75) is 44.0 Å². The van der Waals surface area contributed by atoms with Crippen LogP contribution in [0.25, 0.3) is 21.0 Å². The second kappa shape index (κ2) is 8.89. The van der Waals surface area contributed by atoms with Gasteiger partial charge < -0.3 is 10.2 Å². The van der Waals surface area contributed by atoms with Crippen LogP contribution in [0.4, 0.5) is 11.4 Å². The number of carbonyl (C=O) groups is 1. The predicted molar refractivity (Wildman–Crippen MR) is 134 cm³/mol. The van der Waals surface area contributed by atoms with E-state index in [-0.39, 0.29) is 10.8 Å². The zero-order chi connectivity index (χ0) is 23.8. The molecule has 4 rings (SSSR count). The average Bonchev–Trinajstić information content (AvgIpc) is 3.41. The fourth-order valence-corrected chi connectivity index (χ4v) is 6.48. The van der Waals surface area contributed by atoms with Crippen molar-refractivity contribution in [2.24, 2.45) is 0 Å². The van der Waals surface area contributed by atoms with E-state index in [1.54, 1.807) is 44.0 Å². The van der Waals surface area contributed by atoms with Crippen LogP contribution in [0.2, 0.25) is 0 Å². The molecule has 0 saturated carbocycles. The number of thiazole rings is 1. The van der Waals surface area contributed by atoms with Gasteiger partial charge in [-0.3, -0.25) is 4.79 Å². The lowest BCUT2D eigenvalue weighted by molar-refractivity contribution is -0.117. The standard InChI is InChI=1S/C24H28N4O3S2/c1-24(2,3)27-33(30,31)21-14-18(28-13-5-6-22(28)29)11-12-19(21)20-15-26-23(32-20)16-7-9-17(25-4)10-8-16/h7-12,14-15,25,27H,5-6,13H2,1-4H3. The Morgan fingerprint density at radius 3 is 2.42 bits per heavy atom. The molecule has 1 aliphatic rings. The molecular formula is C24H28N4O3S2. The average molecular weight is 485 g/mol. The van der Waals surface area contributed by atoms with Gasteiger partial charge in [0.1, 0.15) is 5.01 Å². The van der Waals surface area contributed by atoms with Gasteiger partial charge in [0.2, 0.25) is 15.9 Å². The maximum Gasteiger partial charge on any atom is 0.241 e. The van der Waals surface area contributed by atoms with Crippen molar-refractivity contribution in [1.29, 1.82) is 0 Å². The number of nitrogens with zero attached hydrogens (tertiary/aromatic N) is 2. The van der Waals surface area contributed by atoms with Gasteiger partial charge in [-0.2, -0.15) is 0 Å². The Labute approximate surface area is 198 Å². The van der Waals surface area contributed by atoms with Gasteiger partial charge in [0.15, 0.2) is 0 Å². The van der Waals surface area contributed by atoms with E-state index >= 15 is 0 Å². The third-order valence-corrected chi connectivity index (χ3v) is 8.15. The number of amides is 1. The van der Waals surface area contributed by atoms with Crippen molar-refractivity contribution in [3.63, 3.8) is 0 Å². The third-order valence-electron chi connectivity index (χ3n) is 5.27. The molecule has 9 heteroatoms. The number of carbonyl (C=O) groups excluding carboxylic acids is 1. The summed E-state index contributed by atoms with van der Waals surface area (Å²) in [4.78, 5) is 19.4. The van der Waals surface area contributed by atoms with Gasteiger partial charge in [0.05, 0.1) is 9.77 Å². The zero-order valence-corrected chi connectivity index (χ0v) is 20.8. The van der Waals surface area contributed by atoms with Gasteiger partial charge in [-0.15, -0.1) is 11.3 Å². The lowest BCUT2D eigenvalue weighted by Crippen LogP contribution is -2.40. The van der Waals surface area contributed by atoms with Gasteiger partial charge in [0.25, 0.3) is 0 Å². The minimum absolute atomic E-state index is 0.0139. The smallest absolute Gasteiger partial charge is 0.241 e. The minimum Gasteiger partial charge on any atom is -0.388 e. The lowest BCUT2D eigenvalue weighted by Gasteiger charge is -2.23. The summed E-state index contributed by atoms with van der Waals surface area (Å²) in [6.07, 6.45) is 2.96. The van der Waals surface area contributed by atoms with Crippen molar-refractivity contribution in [3.05, 3.63) is 48.7 Å². The number of rotatable bonds is 6. The number of sulfonamides is 1. The van der Waals surface area contributed by atoms with Gasteiger partial charge >= 0.3 is 0 Å². The molecule has 1 fully saturated rings. The van der Waals surface area contributed by atoms with Crippen molar-refractivity contribution in [1.82, 2.24) is 9.71 Å². The van der Waals surface area contributed by atoms with E-state index in [1.807, 2.05) is 37.4 Å². The molecule has 2 N–H and O–H groups in total. The molecule has 1 aromatic heterocycles. The van der Waals surface area contributed by atoms with Gasteiger partial charge in [0, 0.05) is 54.3 Å². The third kappa shape index (κ3) is 5.10. The van der Waals surface area contributed by atoms with Crippen LogP contribution < -0.4 is 14.9 Å². The van der Waals surface area contributed by atoms with E-state index < -0.39 is 15.6 Å². The molecule has 0 aliphatic carbocycles. The number of aromatic nitrogens is 1. The van der Waals surface area contributed by atoms with Crippen molar-refractivity contribution in [3.8, 4) is 21.0 Å². The van der Waals surface area contributed by atoms with Crippen LogP contribution in [0.5, 0.6) is 0 Å². The Balaban J connectivity index is 1.79. The Hall–Kier alpha value is -2.75. The summed E-state index contributed by atoms with van der Waals surface area (Å²) in [7, 11) is -1.98. The largest absolute Gasteiger partial charge is 0.388 e. The first kappa shape index (κ1) is 23.4. The normalized spacial score (nSPS) is 14.7. The molecule has 0 unspecified atom stereocenters. The highest BCUT2D eigenvalue weighted by atomic mass is 32.2. The molecule has 3 aromatic rings. The van der Waals surface area contributed by atoms with E-state index in [2.05, 4.69) is 15.0 Å². The SMILES string of the molecule is CNc1ccc(-c2ncc(-c3ccc(N4CCCC4=O)cc3S(=O)(=O)NC(C)(C)C)s2)cc1. The molecule has 7 nitrogen and oxygen atoms in total. The molecule has 0 radical (unpaired) electrons. The fourth-order valence-electron chi connectivity index (χ4n) is 3.80. The number of hydrogen-bond acceptors (Lipinski definition) is 6. The summed E-state index contributed by atoms with van der Waals surface area (Å²) in [5.74, 6) is 0.0139. The zero-order valence-electron chi connectivity index (χ0n) is 19.2. The Kier molecular flexibility index (Phi) is 6.30. The van der Waals surface area contributed by atoms with Crippen molar-refractivity contribution < 1.29 is 13.2 Å². The van der Waals surface area contributed by atoms with Crippen LogP contribution in [0, 0.1) is 0 Å². The minimum atomic E-state index is -3.85. The molecule has 174 valence electrons. The molecule has 2 heterocycles. The number of benzene rings is 2. The summed E-state index contributed by atoms with van der Waals surface area (Å²) in [5, 5.41) is 3.90. The van der Waals surface area contributed by atoms with E-state index in [0.717, 1.165) is 27.6 Å². The van der Waals surface area contributed by atoms with Crippen LogP contribution in [-0.2, 0) is 14.8 Å². The van der Waals surface area contributed by atoms with E-state index in [9.17, 15) is 13.2 Å². The molecule has 1 amide bonds. The number of anilines is 2. The molecule has 0 bridgehead atoms. The summed E-state index contributed by atoms with van der Waals surface area (Å²) < 4.78 is 29.5. The van der Waals surface area contributed by atoms with Crippen LogP contribution >= 0.6 is 11.3 Å². The Morgan fingerprint density at radius 2 is 1.82 bits per heavy atom. The first-order chi connectivity index (χ1) is 15.6. The molecule has 0 atom stereocenters. The van der Waals surface area contributed by atoms with E-state index in [4.69, 9.17) is 0 Å². The molecule has 0 spiro atoms. The highest BCUT2D eigenvalue weighted by Crippen LogP contribution is 2.38. The second-order valence-electron chi connectivity index (χ2n) is 9.04. The van der Waals surface area contributed by atoms with E-state index in [0.29, 0.717) is 24.2 Å². The molecule has 33 heavy (non-hydrogen) atoms. The maximum atomic E-state index is 13.4. The molecule has 2 aromatic carbocycles. The highest BCUT2D eigenvalue weighted by molar-refractivity contribution is 7.89. The summed E-state index contributed by atoms with van der Waals surface area (Å²) in [6.45, 7) is 6.00. The monoisotopic (exact) mass is 484 g/mol. The van der Waals surface area contributed by atoms with Crippen molar-refractivity contribution in [2.75, 3.05) is 23.8 Å². The Morgan fingerprint density at radius 1 is 1.09 bits per heavy atom. The molecular weight excluding hydrogens is 456 g/mol. The van der Waals surface area contributed by atoms with Crippen molar-refractivity contribution >= 4 is 38.6 Å². The van der Waals surface area contributed by atoms with Crippen LogP contribution in [0.1, 0.15) is 33.6 Å². The van der Waals surface area contributed by atoms with Crippen LogP contribution in [0.15, 0.2) is 53.6 Å². The summed E-state index contributed by atoms with van der Waals surface area (Å²) >= 11 is 1.44. The summed E-state index contributed by atoms with van der Waals surface area (Å²) in [6, 6.07) is 13.1. The van der Waals surface area contributed by atoms with E-state index in [1.165, 1.54) is 11.3 Å². The Bertz CT molecular complexity index is 1280. The number of nitrogens with one attached hydrogen (secondary N) is 2. The first-order valence-electron chi connectivity index (χ1n) is 10.8. The van der Waals surface area contributed by atoms with Crippen LogP contribution in [-0.4, -0.2) is 38.4 Å². The lowest BCUT2D eigenvalue weighted by atomic mass is 10.1. The maximum absolute atomic E-state index is 13.4. The van der Waals surface area contributed by atoms with Gasteiger partial charge in [-0.25, -0.2) is 18.1 Å². The fraction of sp³-hybridized carbons (Fsp3) is 0.333. The number of hydrogen-bond donors (Lipinski definition) is 2. The quantitative estimate of drug-likeness (QED) is 0.528. The highest BCUT2D eigenvalue weighted by Gasteiger charge is 2.29. The van der Waals surface area contributed by atoms with Gasteiger partial charge in [-0.1, -0.05) is 6.07 Å². The predicted octanol–water partition coefficient (Wildman–Crippen LogP) is 4.72. The molecule has 1 saturated heterocycles. The molecule has 1 aliphatic heterocycles. The topological polar surface area (TPSA) is 91.4 Å². The van der Waals surface area contributed by atoms with Crippen LogP contribution in [0.3, 0.4) is 0 Å². The first-order valence-corrected chi connectivity index (χ1v) is 13.1. The second-order valence-corrected chi connectivity index (χ2v) is 11.7.